The molecule has 0 spiro atoms. The van der Waals surface area contributed by atoms with Crippen LogP contribution in [0.2, 0.25) is 0 Å². The molecule has 0 amide bonds. The number of hydrogen-bond donors (Lipinski definition) is 0. The van der Waals surface area contributed by atoms with Gasteiger partial charge in [0.2, 0.25) is 0 Å². The van der Waals surface area contributed by atoms with E-state index in [1.54, 1.807) is 43.5 Å². The molecular weight excluding hydrogens is 389 g/mol. The van der Waals surface area contributed by atoms with E-state index < -0.39 is 15.8 Å². The third-order valence-corrected chi connectivity index (χ3v) is 5.53. The van der Waals surface area contributed by atoms with Crippen LogP contribution in [0.5, 0.6) is 5.75 Å². The molecule has 3 aromatic rings. The SMILES string of the molecule is COc1ccc(/C=C/C(=NS(=O)(=O)c2ccc(C)cc2)c2ccc(F)cc2)cc1. The monoisotopic (exact) mass is 409 g/mol. The summed E-state index contributed by atoms with van der Waals surface area (Å²) in [6.07, 6.45) is 3.34. The molecular formula is C23H20FNO3S. The maximum Gasteiger partial charge on any atom is 0.282 e. The molecule has 0 unspecified atom stereocenters. The number of allylic oxidation sites excluding steroid dienone is 1. The van der Waals surface area contributed by atoms with Gasteiger partial charge in [0.15, 0.2) is 0 Å². The van der Waals surface area contributed by atoms with Crippen LogP contribution in [0.4, 0.5) is 4.39 Å². The number of sulfonamides is 1. The van der Waals surface area contributed by atoms with Crippen molar-refractivity contribution >= 4 is 21.8 Å². The first kappa shape index (κ1) is 20.5. The fraction of sp³-hybridized carbons (Fsp3) is 0.0870. The van der Waals surface area contributed by atoms with Gasteiger partial charge >= 0.3 is 0 Å². The molecule has 0 bridgehead atoms. The number of benzene rings is 3. The molecule has 29 heavy (non-hydrogen) atoms. The molecule has 4 nitrogen and oxygen atoms in total. The maximum atomic E-state index is 13.3. The molecule has 6 heteroatoms. The van der Waals surface area contributed by atoms with E-state index in [0.717, 1.165) is 16.9 Å². The topological polar surface area (TPSA) is 55.7 Å². The maximum absolute atomic E-state index is 13.3. The van der Waals surface area contributed by atoms with Crippen LogP contribution < -0.4 is 4.74 Å². The van der Waals surface area contributed by atoms with E-state index in [1.165, 1.54) is 36.4 Å². The van der Waals surface area contributed by atoms with Gasteiger partial charge in [0.25, 0.3) is 10.0 Å². The molecule has 0 N–H and O–H groups in total. The summed E-state index contributed by atoms with van der Waals surface area (Å²) in [5, 5.41) is 0. The van der Waals surface area contributed by atoms with Crippen molar-refractivity contribution in [3.8, 4) is 5.75 Å². The molecule has 0 aliphatic rings. The van der Waals surface area contributed by atoms with E-state index in [9.17, 15) is 12.8 Å². The number of methoxy groups -OCH3 is 1. The van der Waals surface area contributed by atoms with Crippen molar-refractivity contribution in [2.75, 3.05) is 7.11 Å². The summed E-state index contributed by atoms with van der Waals surface area (Å²) in [5.74, 6) is 0.310. The van der Waals surface area contributed by atoms with Crippen LogP contribution >= 0.6 is 0 Å². The molecule has 0 heterocycles. The Morgan fingerprint density at radius 1 is 0.931 bits per heavy atom. The normalized spacial score (nSPS) is 12.3. The van der Waals surface area contributed by atoms with Gasteiger partial charge in [0.1, 0.15) is 11.6 Å². The minimum atomic E-state index is -3.93. The highest BCUT2D eigenvalue weighted by Gasteiger charge is 2.14. The van der Waals surface area contributed by atoms with Crippen LogP contribution in [0.3, 0.4) is 0 Å². The summed E-state index contributed by atoms with van der Waals surface area (Å²) < 4.78 is 48.0. The Morgan fingerprint density at radius 2 is 1.55 bits per heavy atom. The highest BCUT2D eigenvalue weighted by molar-refractivity contribution is 7.90. The van der Waals surface area contributed by atoms with Crippen molar-refractivity contribution in [3.63, 3.8) is 0 Å². The second-order valence-electron chi connectivity index (χ2n) is 6.38. The smallest absolute Gasteiger partial charge is 0.282 e. The predicted octanol–water partition coefficient (Wildman–Crippen LogP) is 5.03. The number of aryl methyl sites for hydroxylation is 1. The molecule has 3 aromatic carbocycles. The molecule has 0 radical (unpaired) electrons. The Morgan fingerprint density at radius 3 is 2.14 bits per heavy atom. The predicted molar refractivity (Wildman–Crippen MR) is 113 cm³/mol. The lowest BCUT2D eigenvalue weighted by atomic mass is 10.1. The molecule has 0 saturated carbocycles. The zero-order valence-electron chi connectivity index (χ0n) is 16.0. The summed E-state index contributed by atoms with van der Waals surface area (Å²) in [6, 6.07) is 19.3. The largest absolute Gasteiger partial charge is 0.497 e. The molecule has 148 valence electrons. The van der Waals surface area contributed by atoms with Gasteiger partial charge in [0.05, 0.1) is 17.7 Å². The molecule has 0 fully saturated rings. The molecule has 3 rings (SSSR count). The van der Waals surface area contributed by atoms with Crippen molar-refractivity contribution in [3.05, 3.63) is 101 Å². The average Bonchev–Trinajstić information content (AvgIpc) is 2.72. The first-order chi connectivity index (χ1) is 13.9. The second kappa shape index (κ2) is 8.84. The van der Waals surface area contributed by atoms with Crippen LogP contribution in [0.25, 0.3) is 6.08 Å². The van der Waals surface area contributed by atoms with Crippen LogP contribution in [-0.2, 0) is 10.0 Å². The van der Waals surface area contributed by atoms with Crippen LogP contribution in [0, 0.1) is 12.7 Å². The standard InChI is InChI=1S/C23H20FNO3S/c1-17-3-14-22(15-4-17)29(26,27)25-23(19-8-10-20(24)11-9-19)16-7-18-5-12-21(28-2)13-6-18/h3-16H,1-2H3/b16-7+,25-23?. The third-order valence-electron chi connectivity index (χ3n) is 4.23. The Bertz CT molecular complexity index is 1130. The van der Waals surface area contributed by atoms with E-state index in [-0.39, 0.29) is 10.6 Å². The highest BCUT2D eigenvalue weighted by Crippen LogP contribution is 2.17. The summed E-state index contributed by atoms with van der Waals surface area (Å²) in [6.45, 7) is 1.88. The number of hydrogen-bond acceptors (Lipinski definition) is 3. The quantitative estimate of drug-likeness (QED) is 0.536. The van der Waals surface area contributed by atoms with Crippen LogP contribution in [0.1, 0.15) is 16.7 Å². The van der Waals surface area contributed by atoms with E-state index in [1.807, 2.05) is 19.1 Å². The molecule has 0 aromatic heterocycles. The van der Waals surface area contributed by atoms with Crippen molar-refractivity contribution in [2.24, 2.45) is 4.40 Å². The Hall–Kier alpha value is -3.25. The van der Waals surface area contributed by atoms with Gasteiger partial charge in [-0.15, -0.1) is 0 Å². The van der Waals surface area contributed by atoms with Gasteiger partial charge in [-0.2, -0.15) is 12.8 Å². The Kier molecular flexibility index (Phi) is 6.24. The minimum absolute atomic E-state index is 0.0977. The zero-order chi connectivity index (χ0) is 20.9. The number of rotatable bonds is 6. The van der Waals surface area contributed by atoms with Crippen LogP contribution in [0.15, 0.2) is 88.2 Å². The second-order valence-corrected chi connectivity index (χ2v) is 7.98. The molecule has 0 atom stereocenters. The fourth-order valence-electron chi connectivity index (χ4n) is 2.58. The zero-order valence-corrected chi connectivity index (χ0v) is 16.9. The third kappa shape index (κ3) is 5.39. The molecule has 0 aliphatic heterocycles. The summed E-state index contributed by atoms with van der Waals surface area (Å²) in [5.41, 5.74) is 2.49. The molecule has 0 aliphatic carbocycles. The lowest BCUT2D eigenvalue weighted by Crippen LogP contribution is -2.04. The fourth-order valence-corrected chi connectivity index (χ4v) is 3.59. The van der Waals surface area contributed by atoms with E-state index in [0.29, 0.717) is 5.56 Å². The van der Waals surface area contributed by atoms with Gasteiger partial charge in [-0.3, -0.25) is 0 Å². The van der Waals surface area contributed by atoms with Crippen molar-refractivity contribution in [2.45, 2.75) is 11.8 Å². The van der Waals surface area contributed by atoms with Gasteiger partial charge in [-0.1, -0.05) is 35.9 Å². The number of halogens is 1. The molecule has 0 saturated heterocycles. The van der Waals surface area contributed by atoms with Crippen molar-refractivity contribution in [1.82, 2.24) is 0 Å². The summed E-state index contributed by atoms with van der Waals surface area (Å²) in [4.78, 5) is 0.0977. The minimum Gasteiger partial charge on any atom is -0.497 e. The van der Waals surface area contributed by atoms with Crippen molar-refractivity contribution < 1.29 is 17.5 Å². The number of ether oxygens (including phenoxy) is 1. The summed E-state index contributed by atoms with van der Waals surface area (Å²) >= 11 is 0. The van der Waals surface area contributed by atoms with Gasteiger partial charge in [-0.25, -0.2) is 4.39 Å². The van der Waals surface area contributed by atoms with Crippen LogP contribution in [-0.4, -0.2) is 21.2 Å². The Labute approximate surface area is 170 Å². The number of nitrogens with zero attached hydrogens (tertiary/aromatic N) is 1. The van der Waals surface area contributed by atoms with E-state index >= 15 is 0 Å². The first-order valence-corrected chi connectivity index (χ1v) is 10.3. The van der Waals surface area contributed by atoms with E-state index in [4.69, 9.17) is 4.74 Å². The lowest BCUT2D eigenvalue weighted by molar-refractivity contribution is 0.415. The first-order valence-electron chi connectivity index (χ1n) is 8.87. The van der Waals surface area contributed by atoms with E-state index in [2.05, 4.69) is 4.40 Å². The highest BCUT2D eigenvalue weighted by atomic mass is 32.2. The average molecular weight is 409 g/mol. The van der Waals surface area contributed by atoms with Gasteiger partial charge in [-0.05, 0) is 67.1 Å². The van der Waals surface area contributed by atoms with Gasteiger partial charge in [0, 0.05) is 5.56 Å². The van der Waals surface area contributed by atoms with Crippen molar-refractivity contribution in [1.29, 1.82) is 0 Å². The lowest BCUT2D eigenvalue weighted by Gasteiger charge is -2.05. The summed E-state index contributed by atoms with van der Waals surface area (Å²) in [7, 11) is -2.34. The Balaban J connectivity index is 2.02. The van der Waals surface area contributed by atoms with Gasteiger partial charge < -0.3 is 4.74 Å².